The third kappa shape index (κ3) is 5.41. The van der Waals surface area contributed by atoms with E-state index in [1.807, 2.05) is 12.2 Å². The molecule has 0 aromatic carbocycles. The quantitative estimate of drug-likeness (QED) is 0.192. The molecule has 8 nitrogen and oxygen atoms in total. The van der Waals surface area contributed by atoms with Gasteiger partial charge in [-0.3, -0.25) is 4.79 Å². The Morgan fingerprint density at radius 1 is 1.13 bits per heavy atom. The minimum atomic E-state index is -1.72. The van der Waals surface area contributed by atoms with E-state index in [1.54, 1.807) is 13.0 Å². The van der Waals surface area contributed by atoms with E-state index < -0.39 is 35.5 Å². The Hall–Kier alpha value is -2.26. The first-order valence-electron chi connectivity index (χ1n) is 14.4. The first-order chi connectivity index (χ1) is 18.5. The molecule has 39 heavy (non-hydrogen) atoms. The molecular weight excluding hydrogens is 498 g/mol. The molecule has 8 heteroatoms. The first-order valence-corrected chi connectivity index (χ1v) is 14.4. The Kier molecular flexibility index (Phi) is 7.94. The molecular formula is C31H43NO7. The summed E-state index contributed by atoms with van der Waals surface area (Å²) in [4.78, 5) is 13.9. The van der Waals surface area contributed by atoms with Crippen molar-refractivity contribution >= 4 is 11.7 Å². The first kappa shape index (κ1) is 28.3. The Labute approximate surface area is 231 Å². The molecule has 214 valence electrons. The molecule has 4 heterocycles. The molecule has 2 bridgehead atoms. The number of ether oxygens (including phenoxy) is 4. The van der Waals surface area contributed by atoms with Gasteiger partial charge in [0.1, 0.15) is 29.4 Å². The smallest absolute Gasteiger partial charge is 0.316 e. The summed E-state index contributed by atoms with van der Waals surface area (Å²) in [6.07, 6.45) is 12.6. The highest BCUT2D eigenvalue weighted by molar-refractivity contribution is 6.06. The summed E-state index contributed by atoms with van der Waals surface area (Å²) in [7, 11) is 0. The summed E-state index contributed by atoms with van der Waals surface area (Å²) in [5.74, 6) is -1.62. The lowest BCUT2D eigenvalue weighted by Crippen LogP contribution is -2.57. The number of carbonyl (C=O) groups is 1. The summed E-state index contributed by atoms with van der Waals surface area (Å²) in [5, 5.41) is 25.2. The van der Waals surface area contributed by atoms with E-state index in [-0.39, 0.29) is 30.4 Å². The number of nitrogens with zero attached hydrogens (tertiary/aromatic N) is 1. The number of hydrogen-bond donors (Lipinski definition) is 2. The highest BCUT2D eigenvalue weighted by Crippen LogP contribution is 2.46. The van der Waals surface area contributed by atoms with Gasteiger partial charge in [0.15, 0.2) is 5.79 Å². The van der Waals surface area contributed by atoms with Gasteiger partial charge in [0, 0.05) is 19.3 Å². The van der Waals surface area contributed by atoms with Gasteiger partial charge in [0.05, 0.1) is 18.8 Å². The average Bonchev–Trinajstić information content (AvgIpc) is 3.21. The van der Waals surface area contributed by atoms with Gasteiger partial charge in [-0.1, -0.05) is 55.0 Å². The van der Waals surface area contributed by atoms with Gasteiger partial charge in [-0.25, -0.2) is 0 Å². The van der Waals surface area contributed by atoms with E-state index in [9.17, 15) is 15.1 Å². The zero-order valence-corrected chi connectivity index (χ0v) is 23.8. The molecule has 3 saturated heterocycles. The standard InChI is InChI=1S/C31H43NO7/c1-18-7-6-8-23-17-36-28-27(32-35)21(4)14-26(31(23,28)34)29(33)37-25-15-24(10-9-19(2)13-18)39-30(16-25)12-11-20(3)22(5)38-30/h6-9,14,18,20,22,24-26,28,34-35H,10-13,15-17H2,1-5H3/b7-6?,19-9-,23-8-,32-27-/t18-,20-,22+,24+,25-,26-,28+,30-,31+/m0/s1. The number of fused-ring (bicyclic) bond motifs is 2. The highest BCUT2D eigenvalue weighted by atomic mass is 16.7. The number of esters is 1. The lowest BCUT2D eigenvalue weighted by molar-refractivity contribution is -0.332. The minimum absolute atomic E-state index is 0.0431. The molecule has 4 aliphatic heterocycles. The zero-order chi connectivity index (χ0) is 27.9. The maximum atomic E-state index is 13.9. The molecule has 5 aliphatic rings. The summed E-state index contributed by atoms with van der Waals surface area (Å²) in [6, 6.07) is 0. The van der Waals surface area contributed by atoms with Crippen LogP contribution >= 0.6 is 0 Å². The van der Waals surface area contributed by atoms with E-state index in [4.69, 9.17) is 18.9 Å². The van der Waals surface area contributed by atoms with Crippen molar-refractivity contribution in [2.24, 2.45) is 22.9 Å². The number of hydrogen-bond acceptors (Lipinski definition) is 8. The average molecular weight is 542 g/mol. The Bertz CT molecular complexity index is 1120. The third-order valence-electron chi connectivity index (χ3n) is 9.25. The van der Waals surface area contributed by atoms with Crippen LogP contribution in [-0.2, 0) is 23.7 Å². The topological polar surface area (TPSA) is 107 Å². The number of carbonyl (C=O) groups excluding carboxylic acids is 1. The highest BCUT2D eigenvalue weighted by Gasteiger charge is 2.59. The van der Waals surface area contributed by atoms with Gasteiger partial charge in [0.25, 0.3) is 0 Å². The van der Waals surface area contributed by atoms with Gasteiger partial charge < -0.3 is 29.3 Å². The SMILES string of the molecule is CC1=C[C@H]2C(=O)O[C@H]3C[C@@H](C/C=C(/C)C[C@@H](C)C=C/C=C4/CO[C@H](/C1=N\O)[C@@]42O)O[C@@]1(CC[C@H](C)[C@@H](C)O1)C3. The van der Waals surface area contributed by atoms with Gasteiger partial charge in [0.2, 0.25) is 0 Å². The minimum Gasteiger partial charge on any atom is -0.462 e. The summed E-state index contributed by atoms with van der Waals surface area (Å²) in [5.41, 5.74) is 0.916. The molecule has 0 saturated carbocycles. The van der Waals surface area contributed by atoms with Gasteiger partial charge in [-0.2, -0.15) is 0 Å². The van der Waals surface area contributed by atoms with Crippen molar-refractivity contribution in [1.82, 2.24) is 0 Å². The maximum Gasteiger partial charge on any atom is 0.316 e. The normalized spacial score (nSPS) is 47.0. The molecule has 0 amide bonds. The number of allylic oxidation sites excluding steroid dienone is 4. The molecule has 1 spiro atoms. The van der Waals surface area contributed by atoms with E-state index in [0.29, 0.717) is 36.3 Å². The van der Waals surface area contributed by atoms with Crippen LogP contribution in [0.15, 0.2) is 52.3 Å². The molecule has 9 atom stereocenters. The Morgan fingerprint density at radius 3 is 2.67 bits per heavy atom. The summed E-state index contributed by atoms with van der Waals surface area (Å²) in [6.45, 7) is 10.4. The molecule has 0 radical (unpaired) electrons. The monoisotopic (exact) mass is 541 g/mol. The number of oxime groups is 1. The molecule has 0 unspecified atom stereocenters. The largest absolute Gasteiger partial charge is 0.462 e. The molecule has 5 rings (SSSR count). The van der Waals surface area contributed by atoms with E-state index >= 15 is 0 Å². The Morgan fingerprint density at radius 2 is 1.92 bits per heavy atom. The van der Waals surface area contributed by atoms with Gasteiger partial charge in [-0.05, 0) is 63.0 Å². The van der Waals surface area contributed by atoms with Crippen molar-refractivity contribution in [1.29, 1.82) is 0 Å². The second kappa shape index (κ2) is 11.0. The predicted molar refractivity (Wildman–Crippen MR) is 146 cm³/mol. The second-order valence-electron chi connectivity index (χ2n) is 12.4. The van der Waals surface area contributed by atoms with Crippen LogP contribution in [0.5, 0.6) is 0 Å². The van der Waals surface area contributed by atoms with Crippen LogP contribution in [0.2, 0.25) is 0 Å². The second-order valence-corrected chi connectivity index (χ2v) is 12.4. The fraction of sp³-hybridized carbons (Fsp3) is 0.677. The lowest BCUT2D eigenvalue weighted by Gasteiger charge is -2.49. The molecule has 2 N–H and O–H groups in total. The van der Waals surface area contributed by atoms with Crippen molar-refractivity contribution in [3.63, 3.8) is 0 Å². The van der Waals surface area contributed by atoms with Gasteiger partial charge in [-0.15, -0.1) is 0 Å². The van der Waals surface area contributed by atoms with Crippen molar-refractivity contribution in [2.75, 3.05) is 6.61 Å². The van der Waals surface area contributed by atoms with Crippen LogP contribution in [0, 0.1) is 17.8 Å². The fourth-order valence-electron chi connectivity index (χ4n) is 6.85. The van der Waals surface area contributed by atoms with Crippen molar-refractivity contribution < 1.29 is 34.1 Å². The van der Waals surface area contributed by atoms with Crippen molar-refractivity contribution in [3.8, 4) is 0 Å². The van der Waals surface area contributed by atoms with E-state index in [2.05, 4.69) is 45.0 Å². The fourth-order valence-corrected chi connectivity index (χ4v) is 6.85. The van der Waals surface area contributed by atoms with E-state index in [1.165, 1.54) is 5.57 Å². The van der Waals surface area contributed by atoms with Crippen LogP contribution < -0.4 is 0 Å². The predicted octanol–water partition coefficient (Wildman–Crippen LogP) is 5.00. The van der Waals surface area contributed by atoms with Gasteiger partial charge >= 0.3 is 5.97 Å². The Balaban J connectivity index is 1.53. The van der Waals surface area contributed by atoms with Crippen LogP contribution in [0.1, 0.15) is 73.1 Å². The van der Waals surface area contributed by atoms with Crippen LogP contribution in [0.25, 0.3) is 0 Å². The lowest BCUT2D eigenvalue weighted by atomic mass is 9.71. The molecule has 3 fully saturated rings. The third-order valence-corrected chi connectivity index (χ3v) is 9.25. The summed E-state index contributed by atoms with van der Waals surface area (Å²) >= 11 is 0. The molecule has 1 aliphatic carbocycles. The van der Waals surface area contributed by atoms with Crippen LogP contribution in [-0.4, -0.2) is 64.4 Å². The molecule has 0 aromatic rings. The van der Waals surface area contributed by atoms with Crippen LogP contribution in [0.3, 0.4) is 0 Å². The zero-order valence-electron chi connectivity index (χ0n) is 23.8. The summed E-state index contributed by atoms with van der Waals surface area (Å²) < 4.78 is 25.3. The van der Waals surface area contributed by atoms with E-state index in [0.717, 1.165) is 19.3 Å². The number of rotatable bonds is 0. The van der Waals surface area contributed by atoms with Crippen molar-refractivity contribution in [3.05, 3.63) is 47.1 Å². The van der Waals surface area contributed by atoms with Crippen LogP contribution in [0.4, 0.5) is 0 Å². The number of aliphatic hydroxyl groups is 1. The molecule has 0 aromatic heterocycles. The maximum absolute atomic E-state index is 13.9. The van der Waals surface area contributed by atoms with Crippen molar-refractivity contribution in [2.45, 2.75) is 109 Å².